The van der Waals surface area contributed by atoms with E-state index in [4.69, 9.17) is 0 Å². The summed E-state index contributed by atoms with van der Waals surface area (Å²) in [6, 6.07) is 8.66. The molecule has 3 N–H and O–H groups in total. The molecule has 282 valence electrons. The number of hydrogen-bond acceptors (Lipinski definition) is 6. The van der Waals surface area contributed by atoms with Gasteiger partial charge < -0.3 is 25.3 Å². The Balaban J connectivity index is 0.987. The molecule has 3 amide bonds. The second-order valence-corrected chi connectivity index (χ2v) is 18.3. The minimum Gasteiger partial charge on any atom is -0.393 e. The lowest BCUT2D eigenvalue weighted by molar-refractivity contribution is -0.158. The minimum atomic E-state index is -0.710. The molecule has 1 aromatic rings. The number of aliphatic hydroxyl groups is 2. The largest absolute Gasteiger partial charge is 0.393 e. The lowest BCUT2D eigenvalue weighted by atomic mass is 9.44. The highest BCUT2D eigenvalue weighted by molar-refractivity contribution is 5.93. The Morgan fingerprint density at radius 3 is 2.33 bits per heavy atom. The number of nitrogens with zero attached hydrogens (tertiary/aromatic N) is 3. The summed E-state index contributed by atoms with van der Waals surface area (Å²) in [5, 5.41) is 25.5. The molecular formula is C42H64N4O5. The average molecular weight is 705 g/mol. The summed E-state index contributed by atoms with van der Waals surface area (Å²) in [6.07, 6.45) is 10.4. The van der Waals surface area contributed by atoms with Crippen LogP contribution in [0.15, 0.2) is 30.3 Å². The van der Waals surface area contributed by atoms with Crippen molar-refractivity contribution in [2.75, 3.05) is 32.7 Å². The van der Waals surface area contributed by atoms with Gasteiger partial charge in [0.15, 0.2) is 0 Å². The molecule has 2 aliphatic heterocycles. The minimum absolute atomic E-state index is 0.0165. The van der Waals surface area contributed by atoms with E-state index in [1.807, 2.05) is 49.1 Å². The molecule has 0 radical (unpaired) electrons. The van der Waals surface area contributed by atoms with Crippen molar-refractivity contribution in [2.24, 2.45) is 40.4 Å². The van der Waals surface area contributed by atoms with Crippen LogP contribution in [0.3, 0.4) is 0 Å². The zero-order chi connectivity index (χ0) is 36.1. The molecule has 6 fully saturated rings. The van der Waals surface area contributed by atoms with Gasteiger partial charge in [0.1, 0.15) is 12.1 Å². The normalized spacial score (nSPS) is 38.9. The number of piperazine rings is 1. The monoisotopic (exact) mass is 704 g/mol. The van der Waals surface area contributed by atoms with Crippen molar-refractivity contribution >= 4 is 17.7 Å². The van der Waals surface area contributed by atoms with Gasteiger partial charge in [-0.2, -0.15) is 0 Å². The van der Waals surface area contributed by atoms with E-state index in [-0.39, 0.29) is 52.7 Å². The van der Waals surface area contributed by atoms with E-state index in [0.717, 1.165) is 57.2 Å². The van der Waals surface area contributed by atoms with Crippen molar-refractivity contribution in [3.05, 3.63) is 35.9 Å². The van der Waals surface area contributed by atoms with Gasteiger partial charge in [0.25, 0.3) is 0 Å². The summed E-state index contributed by atoms with van der Waals surface area (Å²) < 4.78 is 0. The van der Waals surface area contributed by atoms with Crippen LogP contribution in [-0.4, -0.2) is 106 Å². The summed E-state index contributed by atoms with van der Waals surface area (Å²) in [5.74, 6) is 2.41. The zero-order valence-corrected chi connectivity index (χ0v) is 31.6. The van der Waals surface area contributed by atoms with E-state index in [0.29, 0.717) is 62.6 Å². The molecule has 9 nitrogen and oxygen atoms in total. The smallest absolute Gasteiger partial charge is 0.246 e. The van der Waals surface area contributed by atoms with Crippen LogP contribution in [0.5, 0.6) is 0 Å². The number of hydrogen-bond donors (Lipinski definition) is 3. The summed E-state index contributed by atoms with van der Waals surface area (Å²) in [7, 11) is 0. The number of amides is 3. The van der Waals surface area contributed by atoms with Gasteiger partial charge in [-0.15, -0.1) is 0 Å². The van der Waals surface area contributed by atoms with Crippen molar-refractivity contribution in [3.63, 3.8) is 0 Å². The third-order valence-electron chi connectivity index (χ3n) is 15.1. The van der Waals surface area contributed by atoms with E-state index in [2.05, 4.69) is 24.1 Å². The molecule has 4 saturated carbocycles. The maximum absolute atomic E-state index is 14.1. The molecule has 2 saturated heterocycles. The molecule has 7 rings (SSSR count). The molecular weight excluding hydrogens is 640 g/mol. The molecule has 4 aliphatic carbocycles. The van der Waals surface area contributed by atoms with Gasteiger partial charge in [-0.1, -0.05) is 58.0 Å². The summed E-state index contributed by atoms with van der Waals surface area (Å²) in [4.78, 5) is 47.2. The van der Waals surface area contributed by atoms with Crippen LogP contribution in [0, 0.1) is 40.4 Å². The van der Waals surface area contributed by atoms with Gasteiger partial charge >= 0.3 is 0 Å². The maximum atomic E-state index is 14.1. The molecule has 0 bridgehead atoms. The number of rotatable bonds is 8. The predicted molar refractivity (Wildman–Crippen MR) is 197 cm³/mol. The van der Waals surface area contributed by atoms with Gasteiger partial charge in [0.2, 0.25) is 17.7 Å². The van der Waals surface area contributed by atoms with Crippen LogP contribution in [0.1, 0.15) is 104 Å². The quantitative estimate of drug-likeness (QED) is 0.364. The Labute approximate surface area is 305 Å². The van der Waals surface area contributed by atoms with Gasteiger partial charge in [0, 0.05) is 51.6 Å². The maximum Gasteiger partial charge on any atom is 0.246 e. The fourth-order valence-corrected chi connectivity index (χ4v) is 12.3. The summed E-state index contributed by atoms with van der Waals surface area (Å²) in [5.41, 5.74) is 1.25. The number of nitrogens with one attached hydrogen (secondary N) is 1. The molecule has 6 aliphatic rings. The van der Waals surface area contributed by atoms with Crippen LogP contribution in [0.4, 0.5) is 0 Å². The highest BCUT2D eigenvalue weighted by Gasteiger charge is 2.61. The zero-order valence-electron chi connectivity index (χ0n) is 31.6. The fraction of sp³-hybridized carbons (Fsp3) is 0.786. The van der Waals surface area contributed by atoms with Crippen molar-refractivity contribution < 1.29 is 24.6 Å². The van der Waals surface area contributed by atoms with E-state index in [1.165, 1.54) is 19.3 Å². The third kappa shape index (κ3) is 7.01. The van der Waals surface area contributed by atoms with Gasteiger partial charge in [0.05, 0.1) is 12.2 Å². The first-order chi connectivity index (χ1) is 24.4. The van der Waals surface area contributed by atoms with E-state index < -0.39 is 12.1 Å². The van der Waals surface area contributed by atoms with Crippen LogP contribution in [0.25, 0.3) is 0 Å². The first kappa shape index (κ1) is 36.9. The number of carbonyl (C=O) groups excluding carboxylic acids is 3. The Morgan fingerprint density at radius 1 is 0.882 bits per heavy atom. The summed E-state index contributed by atoms with van der Waals surface area (Å²) >= 11 is 0. The first-order valence-electron chi connectivity index (χ1n) is 20.4. The second kappa shape index (κ2) is 14.7. The topological polar surface area (TPSA) is 113 Å². The molecule has 1 aromatic carbocycles. The van der Waals surface area contributed by atoms with Gasteiger partial charge in [-0.3, -0.25) is 19.3 Å². The average Bonchev–Trinajstić information content (AvgIpc) is 3.72. The number of benzene rings is 1. The van der Waals surface area contributed by atoms with E-state index >= 15 is 0 Å². The van der Waals surface area contributed by atoms with Crippen molar-refractivity contribution in [2.45, 2.75) is 135 Å². The number of aliphatic hydroxyl groups excluding tert-OH is 2. The van der Waals surface area contributed by atoms with Gasteiger partial charge in [-0.25, -0.2) is 0 Å². The van der Waals surface area contributed by atoms with Crippen LogP contribution in [0.2, 0.25) is 0 Å². The molecule has 0 spiro atoms. The van der Waals surface area contributed by atoms with E-state index in [1.54, 1.807) is 4.90 Å². The molecule has 2 heterocycles. The highest BCUT2D eigenvalue weighted by Crippen LogP contribution is 2.66. The molecule has 9 heteroatoms. The Bertz CT molecular complexity index is 1410. The molecule has 51 heavy (non-hydrogen) atoms. The van der Waals surface area contributed by atoms with Crippen molar-refractivity contribution in [1.82, 2.24) is 20.0 Å². The van der Waals surface area contributed by atoms with E-state index in [9.17, 15) is 24.6 Å². The predicted octanol–water partition coefficient (Wildman–Crippen LogP) is 4.64. The molecule has 0 aromatic heterocycles. The van der Waals surface area contributed by atoms with Crippen LogP contribution >= 0.6 is 0 Å². The molecule has 0 unspecified atom stereocenters. The number of carbonyl (C=O) groups is 3. The van der Waals surface area contributed by atoms with Crippen LogP contribution in [-0.2, 0) is 20.8 Å². The first-order valence-corrected chi connectivity index (χ1v) is 20.4. The third-order valence-corrected chi connectivity index (χ3v) is 15.1. The lowest BCUT2D eigenvalue weighted by Crippen LogP contribution is -2.63. The van der Waals surface area contributed by atoms with Crippen molar-refractivity contribution in [3.8, 4) is 0 Å². The number of fused-ring (bicyclic) bond motifs is 5. The Morgan fingerprint density at radius 2 is 1.61 bits per heavy atom. The lowest BCUT2D eigenvalue weighted by Gasteiger charge is -2.62. The summed E-state index contributed by atoms with van der Waals surface area (Å²) in [6.45, 7) is 12.1. The molecule has 11 atom stereocenters. The highest BCUT2D eigenvalue weighted by atomic mass is 16.3. The number of likely N-dealkylation sites (tertiary alicyclic amines) is 1. The standard InChI is InChI=1S/C42H64N4O5/c1-27(2)23-38(49)43-33(24-28-9-6-5-7-10-28)39(50)46-18-8-11-34(46)40(51)45-21-19-44(20-22-45)35-26-42(4)29(25-36(35)47)12-13-30-31-14-15-37(48)41(31,3)17-16-32(30)42/h5-7,9-10,27,29-37,47-48H,8,11-26H2,1-4H3,(H,43,49)/t29-,30-,31-,32-,33-,34-,35-,36-,37-,41-,42-/m0/s1. The fourth-order valence-electron chi connectivity index (χ4n) is 12.3. The van der Waals surface area contributed by atoms with Crippen molar-refractivity contribution in [1.29, 1.82) is 0 Å². The second-order valence-electron chi connectivity index (χ2n) is 18.3. The van der Waals surface area contributed by atoms with Crippen LogP contribution < -0.4 is 5.32 Å². The Hall–Kier alpha value is -2.49. The Kier molecular flexibility index (Phi) is 10.6. The SMILES string of the molecule is CC(C)CC(=O)N[C@@H](Cc1ccccc1)C(=O)N1CCC[C@H]1C(=O)N1CCN([C@H]2C[C@@]3(C)[C@@H](CC[C@@H]4[C@@H]3CC[C@]3(C)[C@@H](O)CC[C@@H]43)C[C@@H]2O)CC1. The van der Waals surface area contributed by atoms with Gasteiger partial charge in [-0.05, 0) is 110 Å².